The number of anilines is 1. The Morgan fingerprint density at radius 3 is 2.57 bits per heavy atom. The number of hydrogen-bond donors (Lipinski definition) is 2. The van der Waals surface area contributed by atoms with Gasteiger partial charge < -0.3 is 5.32 Å². The van der Waals surface area contributed by atoms with Gasteiger partial charge in [0.1, 0.15) is 5.69 Å². The first-order valence-electron chi connectivity index (χ1n) is 5.84. The molecule has 0 aliphatic rings. The maximum atomic E-state index is 12.0. The number of benzene rings is 1. The minimum atomic E-state index is -3.85. The van der Waals surface area contributed by atoms with Gasteiger partial charge in [-0.05, 0) is 36.8 Å². The van der Waals surface area contributed by atoms with Crippen molar-refractivity contribution in [1.29, 1.82) is 0 Å². The number of hydrogen-bond acceptors (Lipinski definition) is 4. The summed E-state index contributed by atoms with van der Waals surface area (Å²) in [4.78, 5) is 15.8. The van der Waals surface area contributed by atoms with E-state index in [1.165, 1.54) is 18.3 Å². The van der Waals surface area contributed by atoms with Crippen LogP contribution in [0.4, 0.5) is 5.69 Å². The summed E-state index contributed by atoms with van der Waals surface area (Å²) in [6, 6.07) is 7.46. The largest absolute Gasteiger partial charge is 0.319 e. The number of nitrogens with zero attached hydrogens (tertiary/aromatic N) is 1. The topological polar surface area (TPSA) is 102 Å². The summed E-state index contributed by atoms with van der Waals surface area (Å²) in [7, 11) is -3.85. The Morgan fingerprint density at radius 2 is 2.05 bits per heavy atom. The lowest BCUT2D eigenvalue weighted by Gasteiger charge is -2.11. The normalized spacial score (nSPS) is 11.2. The molecule has 21 heavy (non-hydrogen) atoms. The highest BCUT2D eigenvalue weighted by atomic mass is 35.5. The third kappa shape index (κ3) is 3.57. The first kappa shape index (κ1) is 15.4. The molecule has 0 saturated heterocycles. The molecule has 0 unspecified atom stereocenters. The third-order valence-electron chi connectivity index (χ3n) is 2.73. The van der Waals surface area contributed by atoms with Crippen LogP contribution in [0.3, 0.4) is 0 Å². The molecule has 0 spiro atoms. The maximum absolute atomic E-state index is 12.0. The standard InChI is InChI=1S/C13H12ClN3O3S/c1-8-6-9(21(15,19)20)7-10(14)12(8)17-13(18)11-4-2-3-5-16-11/h2-7H,1H3,(H,17,18)(H2,15,19,20). The van der Waals surface area contributed by atoms with E-state index in [-0.39, 0.29) is 15.6 Å². The van der Waals surface area contributed by atoms with Crippen LogP contribution in [0.2, 0.25) is 5.02 Å². The van der Waals surface area contributed by atoms with Crippen LogP contribution in [0.15, 0.2) is 41.4 Å². The Kier molecular flexibility index (Phi) is 4.26. The van der Waals surface area contributed by atoms with Gasteiger partial charge >= 0.3 is 0 Å². The molecule has 2 aromatic rings. The Hall–Kier alpha value is -1.96. The average Bonchev–Trinajstić information content (AvgIpc) is 2.42. The molecule has 1 aromatic carbocycles. The highest BCUT2D eigenvalue weighted by molar-refractivity contribution is 7.89. The predicted octanol–water partition coefficient (Wildman–Crippen LogP) is 1.94. The summed E-state index contributed by atoms with van der Waals surface area (Å²) >= 11 is 6.02. The van der Waals surface area contributed by atoms with E-state index in [9.17, 15) is 13.2 Å². The van der Waals surface area contributed by atoms with Gasteiger partial charge in [0.15, 0.2) is 0 Å². The summed E-state index contributed by atoms with van der Waals surface area (Å²) < 4.78 is 22.6. The first-order chi connectivity index (χ1) is 9.79. The van der Waals surface area contributed by atoms with E-state index in [4.69, 9.17) is 16.7 Å². The Balaban J connectivity index is 2.36. The average molecular weight is 326 g/mol. The first-order valence-corrected chi connectivity index (χ1v) is 7.77. The smallest absolute Gasteiger partial charge is 0.274 e. The number of rotatable bonds is 3. The number of aryl methyl sites for hydroxylation is 1. The molecule has 8 heteroatoms. The van der Waals surface area contributed by atoms with E-state index in [0.717, 1.165) is 0 Å². The van der Waals surface area contributed by atoms with Gasteiger partial charge in [-0.2, -0.15) is 0 Å². The number of amides is 1. The number of nitrogens with two attached hydrogens (primary N) is 1. The second-order valence-corrected chi connectivity index (χ2v) is 6.28. The molecule has 1 amide bonds. The molecule has 0 atom stereocenters. The number of nitrogens with one attached hydrogen (secondary N) is 1. The van der Waals surface area contributed by atoms with Gasteiger partial charge in [-0.15, -0.1) is 0 Å². The van der Waals surface area contributed by atoms with Crippen molar-refractivity contribution in [2.75, 3.05) is 5.32 Å². The Labute approximate surface area is 127 Å². The predicted molar refractivity (Wildman–Crippen MR) is 79.8 cm³/mol. The fourth-order valence-electron chi connectivity index (χ4n) is 1.71. The highest BCUT2D eigenvalue weighted by Crippen LogP contribution is 2.29. The molecule has 0 radical (unpaired) electrons. The fraction of sp³-hybridized carbons (Fsp3) is 0.0769. The zero-order chi connectivity index (χ0) is 15.6. The quantitative estimate of drug-likeness (QED) is 0.900. The molecule has 110 valence electrons. The maximum Gasteiger partial charge on any atom is 0.274 e. The number of pyridine rings is 1. The molecule has 3 N–H and O–H groups in total. The summed E-state index contributed by atoms with van der Waals surface area (Å²) in [6.07, 6.45) is 1.49. The number of halogens is 1. The lowest BCUT2D eigenvalue weighted by atomic mass is 10.2. The minimum absolute atomic E-state index is 0.0864. The SMILES string of the molecule is Cc1cc(S(N)(=O)=O)cc(Cl)c1NC(=O)c1ccccn1. The van der Waals surface area contributed by atoms with Crippen molar-refractivity contribution in [3.63, 3.8) is 0 Å². The minimum Gasteiger partial charge on any atom is -0.319 e. The molecule has 1 aromatic heterocycles. The van der Waals surface area contributed by atoms with Crippen molar-refractivity contribution in [3.8, 4) is 0 Å². The molecule has 0 aliphatic heterocycles. The van der Waals surface area contributed by atoms with Gasteiger partial charge in [0.05, 0.1) is 15.6 Å². The number of sulfonamides is 1. The van der Waals surface area contributed by atoms with E-state index in [1.54, 1.807) is 25.1 Å². The van der Waals surface area contributed by atoms with Gasteiger partial charge in [-0.1, -0.05) is 17.7 Å². The van der Waals surface area contributed by atoms with E-state index in [1.807, 2.05) is 0 Å². The number of primary sulfonamides is 1. The van der Waals surface area contributed by atoms with Crippen molar-refractivity contribution in [1.82, 2.24) is 4.98 Å². The van der Waals surface area contributed by atoms with Crippen molar-refractivity contribution >= 4 is 33.2 Å². The fourth-order valence-corrected chi connectivity index (χ4v) is 2.71. The zero-order valence-electron chi connectivity index (χ0n) is 11.0. The van der Waals surface area contributed by atoms with Crippen LogP contribution < -0.4 is 10.5 Å². The number of carbonyl (C=O) groups excluding carboxylic acids is 1. The summed E-state index contributed by atoms with van der Waals surface area (Å²) in [6.45, 7) is 1.62. The summed E-state index contributed by atoms with van der Waals surface area (Å²) in [5.74, 6) is -0.441. The van der Waals surface area contributed by atoms with Gasteiger partial charge in [0.2, 0.25) is 10.0 Å². The van der Waals surface area contributed by atoms with E-state index in [0.29, 0.717) is 11.3 Å². The number of aromatic nitrogens is 1. The van der Waals surface area contributed by atoms with Crippen molar-refractivity contribution in [3.05, 3.63) is 52.8 Å². The van der Waals surface area contributed by atoms with Crippen LogP contribution in [-0.4, -0.2) is 19.3 Å². The molecule has 0 bridgehead atoms. The van der Waals surface area contributed by atoms with E-state index >= 15 is 0 Å². The van der Waals surface area contributed by atoms with Crippen LogP contribution in [0.25, 0.3) is 0 Å². The lowest BCUT2D eigenvalue weighted by molar-refractivity contribution is 0.102. The molecular weight excluding hydrogens is 314 g/mol. The lowest BCUT2D eigenvalue weighted by Crippen LogP contribution is -2.16. The molecular formula is C13H12ClN3O3S. The monoisotopic (exact) mass is 325 g/mol. The van der Waals surface area contributed by atoms with Crippen LogP contribution in [0.5, 0.6) is 0 Å². The zero-order valence-corrected chi connectivity index (χ0v) is 12.6. The van der Waals surface area contributed by atoms with E-state index < -0.39 is 15.9 Å². The van der Waals surface area contributed by atoms with Crippen molar-refractivity contribution in [2.45, 2.75) is 11.8 Å². The summed E-state index contributed by atoms with van der Waals surface area (Å²) in [5.41, 5.74) is 1.03. The molecule has 6 nitrogen and oxygen atoms in total. The second kappa shape index (κ2) is 5.80. The molecule has 0 fully saturated rings. The highest BCUT2D eigenvalue weighted by Gasteiger charge is 2.16. The van der Waals surface area contributed by atoms with E-state index in [2.05, 4.69) is 10.3 Å². The third-order valence-corrected chi connectivity index (χ3v) is 3.92. The van der Waals surface area contributed by atoms with Gasteiger partial charge in [0.25, 0.3) is 5.91 Å². The Morgan fingerprint density at radius 1 is 1.33 bits per heavy atom. The summed E-state index contributed by atoms with van der Waals surface area (Å²) in [5, 5.41) is 7.74. The second-order valence-electron chi connectivity index (χ2n) is 4.31. The molecule has 2 rings (SSSR count). The van der Waals surface area contributed by atoms with Gasteiger partial charge in [0, 0.05) is 6.20 Å². The van der Waals surface area contributed by atoms with Gasteiger partial charge in [-0.3, -0.25) is 9.78 Å². The van der Waals surface area contributed by atoms with Crippen molar-refractivity contribution < 1.29 is 13.2 Å². The van der Waals surface area contributed by atoms with Crippen LogP contribution >= 0.6 is 11.6 Å². The van der Waals surface area contributed by atoms with Crippen LogP contribution in [0.1, 0.15) is 16.1 Å². The van der Waals surface area contributed by atoms with Gasteiger partial charge in [-0.25, -0.2) is 13.6 Å². The Bertz CT molecular complexity index is 769. The molecule has 1 heterocycles. The molecule has 0 saturated carbocycles. The molecule has 0 aliphatic carbocycles. The van der Waals surface area contributed by atoms with Crippen LogP contribution in [-0.2, 0) is 10.0 Å². The van der Waals surface area contributed by atoms with Crippen LogP contribution in [0, 0.1) is 6.92 Å². The van der Waals surface area contributed by atoms with Crippen molar-refractivity contribution in [2.24, 2.45) is 5.14 Å². The number of carbonyl (C=O) groups is 1.